The number of amides is 1. The van der Waals surface area contributed by atoms with Gasteiger partial charge in [-0.05, 0) is 42.5 Å². The first-order chi connectivity index (χ1) is 15.3. The van der Waals surface area contributed by atoms with E-state index in [0.717, 1.165) is 6.07 Å². The first-order valence-corrected chi connectivity index (χ1v) is 9.90. The Kier molecular flexibility index (Phi) is 6.00. The summed E-state index contributed by atoms with van der Waals surface area (Å²) in [4.78, 5) is 12.4. The zero-order chi connectivity index (χ0) is 22.7. The van der Waals surface area contributed by atoms with Crippen LogP contribution >= 0.6 is 11.6 Å². The van der Waals surface area contributed by atoms with Crippen LogP contribution in [0.25, 0.3) is 5.65 Å². The minimum atomic E-state index is -4.61. The molecule has 2 aromatic carbocycles. The molecule has 164 valence electrons. The SMILES string of the molecule is O=C(NCCc1nnc2c(C(F)(F)F)cc(Cl)cn12)c1ccc(Oc2ccccc2)cc1. The molecule has 0 bridgehead atoms. The van der Waals surface area contributed by atoms with Gasteiger partial charge in [0, 0.05) is 24.7 Å². The second kappa shape index (κ2) is 8.88. The van der Waals surface area contributed by atoms with Crippen LogP contribution in [-0.4, -0.2) is 27.0 Å². The largest absolute Gasteiger partial charge is 0.457 e. The van der Waals surface area contributed by atoms with Crippen LogP contribution in [0.5, 0.6) is 11.5 Å². The Morgan fingerprint density at radius 3 is 2.41 bits per heavy atom. The summed E-state index contributed by atoms with van der Waals surface area (Å²) < 4.78 is 46.5. The fourth-order valence-corrected chi connectivity index (χ4v) is 3.28. The average Bonchev–Trinajstić information content (AvgIpc) is 3.16. The van der Waals surface area contributed by atoms with Gasteiger partial charge in [0.05, 0.1) is 5.02 Å². The van der Waals surface area contributed by atoms with Gasteiger partial charge < -0.3 is 10.1 Å². The summed E-state index contributed by atoms with van der Waals surface area (Å²) in [7, 11) is 0. The van der Waals surface area contributed by atoms with Crippen LogP contribution < -0.4 is 10.1 Å². The van der Waals surface area contributed by atoms with Crippen molar-refractivity contribution in [3.63, 3.8) is 0 Å². The minimum absolute atomic E-state index is 0.0901. The lowest BCUT2D eigenvalue weighted by molar-refractivity contribution is -0.136. The molecule has 0 saturated carbocycles. The summed E-state index contributed by atoms with van der Waals surface area (Å²) in [6.07, 6.45) is -3.13. The Bertz CT molecular complexity index is 1240. The summed E-state index contributed by atoms with van der Waals surface area (Å²) in [5, 5.41) is 10.1. The highest BCUT2D eigenvalue weighted by Crippen LogP contribution is 2.33. The third-order valence-corrected chi connectivity index (χ3v) is 4.78. The van der Waals surface area contributed by atoms with E-state index in [9.17, 15) is 18.0 Å². The Hall–Kier alpha value is -3.59. The molecule has 6 nitrogen and oxygen atoms in total. The molecule has 0 aliphatic carbocycles. The minimum Gasteiger partial charge on any atom is -0.457 e. The molecule has 32 heavy (non-hydrogen) atoms. The second-order valence-corrected chi connectivity index (χ2v) is 7.26. The summed E-state index contributed by atoms with van der Waals surface area (Å²) in [5.41, 5.74) is -0.887. The number of pyridine rings is 1. The van der Waals surface area contributed by atoms with Gasteiger partial charge in [-0.15, -0.1) is 10.2 Å². The third-order valence-electron chi connectivity index (χ3n) is 4.58. The van der Waals surface area contributed by atoms with E-state index in [-0.39, 0.29) is 35.4 Å². The van der Waals surface area contributed by atoms with E-state index in [1.165, 1.54) is 10.6 Å². The number of alkyl halides is 3. The number of halogens is 4. The number of aromatic nitrogens is 3. The Labute approximate surface area is 185 Å². The van der Waals surface area contributed by atoms with Crippen LogP contribution in [0, 0.1) is 0 Å². The fraction of sp³-hybridized carbons (Fsp3) is 0.136. The van der Waals surface area contributed by atoms with Crippen molar-refractivity contribution in [3.8, 4) is 11.5 Å². The third kappa shape index (κ3) is 4.83. The summed E-state index contributed by atoms with van der Waals surface area (Å²) in [6, 6.07) is 16.6. The van der Waals surface area contributed by atoms with Crippen molar-refractivity contribution in [1.29, 1.82) is 0 Å². The van der Waals surface area contributed by atoms with Crippen molar-refractivity contribution in [1.82, 2.24) is 19.9 Å². The maximum absolute atomic E-state index is 13.2. The number of nitrogens with zero attached hydrogens (tertiary/aromatic N) is 3. The van der Waals surface area contributed by atoms with Crippen LogP contribution in [0.15, 0.2) is 66.9 Å². The Morgan fingerprint density at radius 1 is 1.03 bits per heavy atom. The van der Waals surface area contributed by atoms with E-state index in [2.05, 4.69) is 15.5 Å². The topological polar surface area (TPSA) is 68.5 Å². The predicted octanol–water partition coefficient (Wildman–Crippen LogP) is 5.17. The van der Waals surface area contributed by atoms with Gasteiger partial charge in [-0.3, -0.25) is 9.20 Å². The van der Waals surface area contributed by atoms with Gasteiger partial charge in [0.15, 0.2) is 5.65 Å². The van der Waals surface area contributed by atoms with Gasteiger partial charge in [0.1, 0.15) is 22.9 Å². The van der Waals surface area contributed by atoms with Crippen LogP contribution in [0.2, 0.25) is 5.02 Å². The number of benzene rings is 2. The molecule has 1 N–H and O–H groups in total. The molecule has 4 aromatic rings. The summed E-state index contributed by atoms with van der Waals surface area (Å²) >= 11 is 5.83. The van der Waals surface area contributed by atoms with Gasteiger partial charge in [0.2, 0.25) is 0 Å². The average molecular weight is 461 g/mol. The van der Waals surface area contributed by atoms with E-state index >= 15 is 0 Å². The monoisotopic (exact) mass is 460 g/mol. The first kappa shape index (κ1) is 21.6. The number of ether oxygens (including phenoxy) is 1. The van der Waals surface area contributed by atoms with Crippen LogP contribution in [0.4, 0.5) is 13.2 Å². The molecule has 1 amide bonds. The maximum Gasteiger partial charge on any atom is 0.420 e. The van der Waals surface area contributed by atoms with Crippen LogP contribution in [-0.2, 0) is 12.6 Å². The zero-order valence-corrected chi connectivity index (χ0v) is 17.2. The number of fused-ring (bicyclic) bond motifs is 1. The number of hydrogen-bond donors (Lipinski definition) is 1. The van der Waals surface area contributed by atoms with E-state index in [1.807, 2.05) is 30.3 Å². The number of carbonyl (C=O) groups is 1. The smallest absolute Gasteiger partial charge is 0.420 e. The molecule has 0 spiro atoms. The number of nitrogens with one attached hydrogen (secondary N) is 1. The molecular weight excluding hydrogens is 445 g/mol. The molecule has 0 saturated heterocycles. The van der Waals surface area contributed by atoms with Crippen LogP contribution in [0.1, 0.15) is 21.7 Å². The standard InChI is InChI=1S/C22H16ClF3N4O2/c23-15-12-18(22(24,25)26)20-29-28-19(30(20)13-15)10-11-27-21(31)14-6-8-17(9-7-14)32-16-4-2-1-3-5-16/h1-9,12-13H,10-11H2,(H,27,31). The molecule has 4 rings (SSSR count). The quantitative estimate of drug-likeness (QED) is 0.431. The van der Waals surface area contributed by atoms with Crippen LogP contribution in [0.3, 0.4) is 0 Å². The molecule has 0 atom stereocenters. The lowest BCUT2D eigenvalue weighted by Crippen LogP contribution is -2.26. The molecule has 0 aliphatic rings. The molecule has 0 aliphatic heterocycles. The molecule has 2 aromatic heterocycles. The number of carbonyl (C=O) groups excluding carboxylic acids is 1. The molecule has 10 heteroatoms. The number of rotatable bonds is 6. The van der Waals surface area contributed by atoms with Crippen molar-refractivity contribution >= 4 is 23.2 Å². The molecular formula is C22H16ClF3N4O2. The summed E-state index contributed by atoms with van der Waals surface area (Å²) in [5.74, 6) is 1.18. The van der Waals surface area contributed by atoms with Gasteiger partial charge in [-0.1, -0.05) is 29.8 Å². The highest BCUT2D eigenvalue weighted by Gasteiger charge is 2.35. The maximum atomic E-state index is 13.2. The Morgan fingerprint density at radius 2 is 1.72 bits per heavy atom. The van der Waals surface area contributed by atoms with Gasteiger partial charge in [-0.2, -0.15) is 13.2 Å². The highest BCUT2D eigenvalue weighted by atomic mass is 35.5. The van der Waals surface area contributed by atoms with Crippen molar-refractivity contribution in [2.45, 2.75) is 12.6 Å². The Balaban J connectivity index is 1.39. The van der Waals surface area contributed by atoms with Crippen molar-refractivity contribution in [3.05, 3.63) is 88.8 Å². The fourth-order valence-electron chi connectivity index (χ4n) is 3.07. The van der Waals surface area contributed by atoms with Gasteiger partial charge in [0.25, 0.3) is 5.91 Å². The van der Waals surface area contributed by atoms with Gasteiger partial charge in [-0.25, -0.2) is 0 Å². The summed E-state index contributed by atoms with van der Waals surface area (Å²) in [6.45, 7) is 0.149. The van der Waals surface area contributed by atoms with Gasteiger partial charge >= 0.3 is 6.18 Å². The van der Waals surface area contributed by atoms with E-state index < -0.39 is 11.7 Å². The lowest BCUT2D eigenvalue weighted by atomic mass is 10.2. The molecule has 0 radical (unpaired) electrons. The van der Waals surface area contributed by atoms with E-state index in [0.29, 0.717) is 17.1 Å². The van der Waals surface area contributed by atoms with E-state index in [1.54, 1.807) is 24.3 Å². The zero-order valence-electron chi connectivity index (χ0n) is 16.4. The normalized spacial score (nSPS) is 11.5. The number of para-hydroxylation sites is 1. The molecule has 2 heterocycles. The first-order valence-electron chi connectivity index (χ1n) is 9.53. The van der Waals surface area contributed by atoms with Crippen molar-refractivity contribution < 1.29 is 22.7 Å². The van der Waals surface area contributed by atoms with Crippen molar-refractivity contribution in [2.24, 2.45) is 0 Å². The molecule has 0 unspecified atom stereocenters. The predicted molar refractivity (Wildman–Crippen MR) is 112 cm³/mol. The number of hydrogen-bond acceptors (Lipinski definition) is 4. The second-order valence-electron chi connectivity index (χ2n) is 6.82. The van der Waals surface area contributed by atoms with E-state index in [4.69, 9.17) is 16.3 Å². The van der Waals surface area contributed by atoms with Crippen molar-refractivity contribution in [2.75, 3.05) is 6.54 Å². The lowest BCUT2D eigenvalue weighted by Gasteiger charge is -2.09. The highest BCUT2D eigenvalue weighted by molar-refractivity contribution is 6.30. The molecule has 0 fully saturated rings.